The Hall–Kier alpha value is -1.23. The molecule has 0 spiro atoms. The smallest absolute Gasteiger partial charge is 0.251 e. The van der Waals surface area contributed by atoms with Crippen molar-refractivity contribution in [2.75, 3.05) is 11.5 Å². The van der Waals surface area contributed by atoms with Crippen LogP contribution in [0.4, 0.5) is 5.82 Å². The minimum atomic E-state index is -0.0438. The summed E-state index contributed by atoms with van der Waals surface area (Å²) in [5.74, 6) is 1.44. The van der Waals surface area contributed by atoms with E-state index in [1.54, 1.807) is 18.3 Å². The molecule has 1 aromatic heterocycles. The summed E-state index contributed by atoms with van der Waals surface area (Å²) in [6.07, 6.45) is 5.03. The maximum Gasteiger partial charge on any atom is 0.251 e. The lowest BCUT2D eigenvalue weighted by atomic mass is 10.2. The van der Waals surface area contributed by atoms with Gasteiger partial charge in [0.25, 0.3) is 5.91 Å². The molecule has 1 aromatic rings. The van der Waals surface area contributed by atoms with Crippen molar-refractivity contribution in [3.05, 3.63) is 23.9 Å². The van der Waals surface area contributed by atoms with Crippen LogP contribution in [0, 0.1) is 0 Å². The Morgan fingerprint density at radius 1 is 1.61 bits per heavy atom. The number of nitrogen functional groups attached to an aromatic ring is 1. The number of rotatable bonds is 4. The zero-order chi connectivity index (χ0) is 13.0. The quantitative estimate of drug-likeness (QED) is 0.874. The van der Waals surface area contributed by atoms with Gasteiger partial charge in [0.15, 0.2) is 0 Å². The molecule has 3 N–H and O–H groups in total. The van der Waals surface area contributed by atoms with E-state index < -0.39 is 0 Å². The SMILES string of the molecule is CCSC1CCCC1NC(=O)c1ccnc(N)c1. The average molecular weight is 265 g/mol. The van der Waals surface area contributed by atoms with Crippen molar-refractivity contribution in [3.8, 4) is 0 Å². The molecule has 1 heterocycles. The summed E-state index contributed by atoms with van der Waals surface area (Å²) in [6.45, 7) is 2.16. The molecule has 1 amide bonds. The predicted molar refractivity (Wildman–Crippen MR) is 75.7 cm³/mol. The Kier molecular flexibility index (Phi) is 4.47. The van der Waals surface area contributed by atoms with Crippen LogP contribution in [0.5, 0.6) is 0 Å². The summed E-state index contributed by atoms with van der Waals surface area (Å²) in [7, 11) is 0. The van der Waals surface area contributed by atoms with Crippen LogP contribution in [0.15, 0.2) is 18.3 Å². The molecule has 98 valence electrons. The summed E-state index contributed by atoms with van der Waals surface area (Å²) in [4.78, 5) is 16.0. The second kappa shape index (κ2) is 6.09. The largest absolute Gasteiger partial charge is 0.384 e. The normalized spacial score (nSPS) is 22.9. The van der Waals surface area contributed by atoms with Crippen LogP contribution in [0.2, 0.25) is 0 Å². The third kappa shape index (κ3) is 3.16. The summed E-state index contributed by atoms with van der Waals surface area (Å²) in [5, 5.41) is 3.67. The van der Waals surface area contributed by atoms with Crippen molar-refractivity contribution in [2.45, 2.75) is 37.5 Å². The number of hydrogen-bond donors (Lipinski definition) is 2. The number of aromatic nitrogens is 1. The zero-order valence-electron chi connectivity index (χ0n) is 10.6. The fraction of sp³-hybridized carbons (Fsp3) is 0.538. The second-order valence-electron chi connectivity index (χ2n) is 4.47. The molecular weight excluding hydrogens is 246 g/mol. The molecule has 18 heavy (non-hydrogen) atoms. The summed E-state index contributed by atoms with van der Waals surface area (Å²) < 4.78 is 0. The van der Waals surface area contributed by atoms with Gasteiger partial charge < -0.3 is 11.1 Å². The highest BCUT2D eigenvalue weighted by molar-refractivity contribution is 7.99. The van der Waals surface area contributed by atoms with Gasteiger partial charge in [0.1, 0.15) is 5.82 Å². The van der Waals surface area contributed by atoms with Crippen LogP contribution >= 0.6 is 11.8 Å². The van der Waals surface area contributed by atoms with Crippen LogP contribution in [-0.4, -0.2) is 27.9 Å². The fourth-order valence-corrected chi connectivity index (χ4v) is 3.54. The molecule has 0 aliphatic heterocycles. The van der Waals surface area contributed by atoms with Gasteiger partial charge in [-0.05, 0) is 30.7 Å². The number of pyridine rings is 1. The summed E-state index contributed by atoms with van der Waals surface area (Å²) in [5.41, 5.74) is 6.18. The molecule has 1 aliphatic carbocycles. The van der Waals surface area contributed by atoms with Crippen LogP contribution in [0.3, 0.4) is 0 Å². The number of nitrogens with one attached hydrogen (secondary N) is 1. The van der Waals surface area contributed by atoms with E-state index in [-0.39, 0.29) is 11.9 Å². The van der Waals surface area contributed by atoms with Crippen molar-refractivity contribution < 1.29 is 4.79 Å². The van der Waals surface area contributed by atoms with Crippen LogP contribution < -0.4 is 11.1 Å². The number of hydrogen-bond acceptors (Lipinski definition) is 4. The van der Waals surface area contributed by atoms with Crippen molar-refractivity contribution in [3.63, 3.8) is 0 Å². The third-order valence-electron chi connectivity index (χ3n) is 3.19. The molecule has 0 saturated heterocycles. The Labute approximate surface area is 112 Å². The lowest BCUT2D eigenvalue weighted by molar-refractivity contribution is 0.0938. The first-order valence-corrected chi connectivity index (χ1v) is 7.39. The predicted octanol–water partition coefficient (Wildman–Crippen LogP) is 2.07. The van der Waals surface area contributed by atoms with E-state index in [0.29, 0.717) is 16.6 Å². The first-order valence-electron chi connectivity index (χ1n) is 6.34. The van der Waals surface area contributed by atoms with E-state index in [0.717, 1.165) is 12.2 Å². The second-order valence-corrected chi connectivity index (χ2v) is 5.99. The van der Waals surface area contributed by atoms with Crippen molar-refractivity contribution in [1.82, 2.24) is 10.3 Å². The maximum absolute atomic E-state index is 12.1. The van der Waals surface area contributed by atoms with Gasteiger partial charge in [0.2, 0.25) is 0 Å². The Bertz CT molecular complexity index is 424. The molecule has 1 fully saturated rings. The number of carbonyl (C=O) groups is 1. The number of nitrogens with two attached hydrogens (primary N) is 1. The van der Waals surface area contributed by atoms with Gasteiger partial charge in [0.05, 0.1) is 0 Å². The number of carbonyl (C=O) groups excluding carboxylic acids is 1. The van der Waals surface area contributed by atoms with Gasteiger partial charge in [-0.2, -0.15) is 11.8 Å². The van der Waals surface area contributed by atoms with Crippen molar-refractivity contribution in [2.24, 2.45) is 0 Å². The zero-order valence-corrected chi connectivity index (χ0v) is 11.4. The number of nitrogens with zero attached hydrogens (tertiary/aromatic N) is 1. The fourth-order valence-electron chi connectivity index (χ4n) is 2.35. The highest BCUT2D eigenvalue weighted by atomic mass is 32.2. The molecule has 1 saturated carbocycles. The molecule has 1 aliphatic rings. The third-order valence-corrected chi connectivity index (χ3v) is 4.52. The number of amides is 1. The topological polar surface area (TPSA) is 68.0 Å². The lowest BCUT2D eigenvalue weighted by Crippen LogP contribution is -2.38. The molecule has 0 aromatic carbocycles. The van der Waals surface area contributed by atoms with Gasteiger partial charge >= 0.3 is 0 Å². The van der Waals surface area contributed by atoms with Gasteiger partial charge in [0, 0.05) is 23.1 Å². The van der Waals surface area contributed by atoms with Crippen LogP contribution in [0.1, 0.15) is 36.5 Å². The van der Waals surface area contributed by atoms with Gasteiger partial charge in [-0.15, -0.1) is 0 Å². The van der Waals surface area contributed by atoms with Gasteiger partial charge in [-0.3, -0.25) is 4.79 Å². The van der Waals surface area contributed by atoms with E-state index in [9.17, 15) is 4.79 Å². The van der Waals surface area contributed by atoms with Crippen LogP contribution in [0.25, 0.3) is 0 Å². The maximum atomic E-state index is 12.1. The van der Waals surface area contributed by atoms with E-state index in [1.165, 1.54) is 12.8 Å². The molecule has 2 unspecified atom stereocenters. The minimum absolute atomic E-state index is 0.0438. The highest BCUT2D eigenvalue weighted by Crippen LogP contribution is 2.30. The molecule has 0 bridgehead atoms. The van der Waals surface area contributed by atoms with Crippen LogP contribution in [-0.2, 0) is 0 Å². The standard InChI is InChI=1S/C13H19N3OS/c1-2-18-11-5-3-4-10(11)16-13(17)9-6-7-15-12(14)8-9/h6-8,10-11H,2-5H2,1H3,(H2,14,15)(H,16,17). The number of anilines is 1. The van der Waals surface area contributed by atoms with E-state index in [1.807, 2.05) is 11.8 Å². The van der Waals surface area contributed by atoms with Gasteiger partial charge in [-0.25, -0.2) is 4.98 Å². The Morgan fingerprint density at radius 3 is 3.17 bits per heavy atom. The monoisotopic (exact) mass is 265 g/mol. The van der Waals surface area contributed by atoms with E-state index in [4.69, 9.17) is 5.73 Å². The molecule has 0 radical (unpaired) electrons. The summed E-state index contributed by atoms with van der Waals surface area (Å²) in [6, 6.07) is 3.60. The van der Waals surface area contributed by atoms with E-state index in [2.05, 4.69) is 17.2 Å². The first kappa shape index (κ1) is 13.2. The number of thioether (sulfide) groups is 1. The lowest BCUT2D eigenvalue weighted by Gasteiger charge is -2.20. The highest BCUT2D eigenvalue weighted by Gasteiger charge is 2.28. The summed E-state index contributed by atoms with van der Waals surface area (Å²) >= 11 is 1.94. The molecular formula is C13H19N3OS. The van der Waals surface area contributed by atoms with Crippen molar-refractivity contribution in [1.29, 1.82) is 0 Å². The first-order chi connectivity index (χ1) is 8.70. The van der Waals surface area contributed by atoms with Gasteiger partial charge in [-0.1, -0.05) is 13.3 Å². The minimum Gasteiger partial charge on any atom is -0.384 e. The average Bonchev–Trinajstić information content (AvgIpc) is 2.77. The molecule has 2 rings (SSSR count). The molecule has 5 heteroatoms. The van der Waals surface area contributed by atoms with Crippen molar-refractivity contribution >= 4 is 23.5 Å². The molecule has 2 atom stereocenters. The molecule has 4 nitrogen and oxygen atoms in total. The Morgan fingerprint density at radius 2 is 2.44 bits per heavy atom. The Balaban J connectivity index is 1.98. The van der Waals surface area contributed by atoms with E-state index >= 15 is 0 Å².